The van der Waals surface area contributed by atoms with Crippen LogP contribution in [0.15, 0.2) is 91.0 Å². The summed E-state index contributed by atoms with van der Waals surface area (Å²) in [5, 5.41) is 19.6. The fraction of sp³-hybridized carbons (Fsp3) is 0.219. The van der Waals surface area contributed by atoms with Gasteiger partial charge >= 0.3 is 6.09 Å². The quantitative estimate of drug-likeness (QED) is 0.137. The van der Waals surface area contributed by atoms with Crippen LogP contribution in [0.3, 0.4) is 0 Å². The molecule has 4 N–H and O–H groups in total. The number of benzene rings is 4. The van der Waals surface area contributed by atoms with E-state index in [0.29, 0.717) is 17.4 Å². The number of alkyl halides is 1. The highest BCUT2D eigenvalue weighted by molar-refractivity contribution is 14.1. The summed E-state index contributed by atoms with van der Waals surface area (Å²) in [6.45, 7) is -0.107. The van der Waals surface area contributed by atoms with E-state index in [4.69, 9.17) is 17.3 Å². The molecular formula is C32H30ClF2IN2O3. The summed E-state index contributed by atoms with van der Waals surface area (Å²) in [4.78, 5) is 12.5. The van der Waals surface area contributed by atoms with E-state index in [1.54, 1.807) is 6.07 Å². The molecule has 0 saturated carbocycles. The van der Waals surface area contributed by atoms with E-state index in [0.717, 1.165) is 32.2 Å². The number of carbonyl (C=O) groups is 1. The third-order valence-electron chi connectivity index (χ3n) is 6.95. The van der Waals surface area contributed by atoms with Crippen LogP contribution in [0.2, 0.25) is 0 Å². The van der Waals surface area contributed by atoms with E-state index in [2.05, 4.69) is 71.1 Å². The van der Waals surface area contributed by atoms with Crippen molar-refractivity contribution in [2.75, 3.05) is 12.4 Å². The van der Waals surface area contributed by atoms with Gasteiger partial charge in [-0.2, -0.15) is 0 Å². The standard InChI is InChI=1S/C18H19F2IN2O3.C14H11Cl/c19-13-4-12(5-14(20)8-13)7-16(22)17(24)10-23(18(25)26)9-11-2-1-3-15(21)6-11;15-9-14-12-7-3-1-5-10(12)11-6-2-4-8-13(11)14/h1-6,8,16-17,24H,7,9-10,22H2,(H,25,26);1-8,14H,9H2/t16-,17+;/m0./s1. The maximum absolute atomic E-state index is 13.2. The van der Waals surface area contributed by atoms with E-state index in [9.17, 15) is 23.8 Å². The average molecular weight is 691 g/mol. The first-order valence-electron chi connectivity index (χ1n) is 13.0. The number of amides is 1. The van der Waals surface area contributed by atoms with Crippen molar-refractivity contribution in [2.24, 2.45) is 5.73 Å². The van der Waals surface area contributed by atoms with E-state index >= 15 is 0 Å². The predicted molar refractivity (Wildman–Crippen MR) is 166 cm³/mol. The summed E-state index contributed by atoms with van der Waals surface area (Å²) in [6.07, 6.45) is -2.35. The number of fused-ring (bicyclic) bond motifs is 3. The molecule has 1 amide bonds. The fourth-order valence-corrected chi connectivity index (χ4v) is 5.93. The van der Waals surface area contributed by atoms with Crippen molar-refractivity contribution in [3.05, 3.63) is 128 Å². The highest BCUT2D eigenvalue weighted by Gasteiger charge is 2.27. The second kappa shape index (κ2) is 14.2. The summed E-state index contributed by atoms with van der Waals surface area (Å²) in [6, 6.07) is 26.6. The van der Waals surface area contributed by atoms with Crippen LogP contribution in [-0.4, -0.2) is 45.8 Å². The number of halogens is 4. The van der Waals surface area contributed by atoms with Crippen molar-refractivity contribution in [1.82, 2.24) is 4.90 Å². The van der Waals surface area contributed by atoms with Crippen LogP contribution in [0.1, 0.15) is 28.2 Å². The Morgan fingerprint density at radius 2 is 1.49 bits per heavy atom. The van der Waals surface area contributed by atoms with E-state index < -0.39 is 29.9 Å². The maximum atomic E-state index is 13.2. The fourth-order valence-electron chi connectivity index (χ4n) is 4.99. The van der Waals surface area contributed by atoms with Crippen LogP contribution < -0.4 is 5.73 Å². The summed E-state index contributed by atoms with van der Waals surface area (Å²) >= 11 is 8.19. The van der Waals surface area contributed by atoms with Gasteiger partial charge in [0.05, 0.1) is 12.6 Å². The van der Waals surface area contributed by atoms with E-state index in [1.165, 1.54) is 22.3 Å². The molecule has 5 rings (SSSR count). The molecule has 5 nitrogen and oxygen atoms in total. The zero-order chi connectivity index (χ0) is 29.5. The van der Waals surface area contributed by atoms with E-state index in [1.807, 2.05) is 18.2 Å². The molecule has 41 heavy (non-hydrogen) atoms. The zero-order valence-electron chi connectivity index (χ0n) is 22.1. The topological polar surface area (TPSA) is 86.8 Å². The molecular weight excluding hydrogens is 661 g/mol. The van der Waals surface area contributed by atoms with Crippen LogP contribution in [0, 0.1) is 15.2 Å². The lowest BCUT2D eigenvalue weighted by molar-refractivity contribution is 0.0795. The normalized spacial score (nSPS) is 13.4. The highest BCUT2D eigenvalue weighted by Crippen LogP contribution is 2.44. The third kappa shape index (κ3) is 8.03. The van der Waals surface area contributed by atoms with Gasteiger partial charge in [0.1, 0.15) is 11.6 Å². The average Bonchev–Trinajstić information content (AvgIpc) is 3.26. The van der Waals surface area contributed by atoms with Crippen LogP contribution >= 0.6 is 34.2 Å². The van der Waals surface area contributed by atoms with Gasteiger partial charge in [0.15, 0.2) is 0 Å². The molecule has 0 radical (unpaired) electrons. The van der Waals surface area contributed by atoms with Gasteiger partial charge in [-0.25, -0.2) is 13.6 Å². The molecule has 9 heteroatoms. The Labute approximate surface area is 256 Å². The van der Waals surface area contributed by atoms with Crippen molar-refractivity contribution in [1.29, 1.82) is 0 Å². The summed E-state index contributed by atoms with van der Waals surface area (Å²) in [5.41, 5.74) is 12.4. The SMILES string of the molecule is ClCC1c2ccccc2-c2ccccc21.N[C@@H](Cc1cc(F)cc(F)c1)[C@H](O)CN(Cc1cccc(I)c1)C(=O)O. The number of carboxylic acid groups (broad SMARTS) is 1. The Bertz CT molecular complexity index is 1440. The van der Waals surface area contributed by atoms with Crippen molar-refractivity contribution >= 4 is 40.3 Å². The number of hydrogen-bond donors (Lipinski definition) is 3. The summed E-state index contributed by atoms with van der Waals surface area (Å²) in [7, 11) is 0. The van der Waals surface area contributed by atoms with Crippen molar-refractivity contribution in [3.63, 3.8) is 0 Å². The Hall–Kier alpha value is -3.05. The highest BCUT2D eigenvalue weighted by atomic mass is 127. The lowest BCUT2D eigenvalue weighted by atomic mass is 9.99. The minimum Gasteiger partial charge on any atom is -0.465 e. The Morgan fingerprint density at radius 3 is 2.02 bits per heavy atom. The van der Waals surface area contributed by atoms with Crippen LogP contribution in [0.4, 0.5) is 13.6 Å². The number of hydrogen-bond acceptors (Lipinski definition) is 3. The van der Waals surface area contributed by atoms with Gasteiger partial charge in [-0.15, -0.1) is 11.6 Å². The first-order valence-corrected chi connectivity index (χ1v) is 14.6. The van der Waals surface area contributed by atoms with Gasteiger partial charge in [-0.3, -0.25) is 0 Å². The van der Waals surface area contributed by atoms with Gasteiger partial charge in [0.25, 0.3) is 0 Å². The first-order chi connectivity index (χ1) is 19.7. The minimum absolute atomic E-state index is 0.0204. The van der Waals surface area contributed by atoms with Gasteiger partial charge in [0, 0.05) is 34.0 Å². The molecule has 0 fully saturated rings. The molecule has 0 spiro atoms. The van der Waals surface area contributed by atoms with Gasteiger partial charge in [0.2, 0.25) is 0 Å². The molecule has 0 aliphatic heterocycles. The van der Waals surface area contributed by atoms with Crippen molar-refractivity contribution in [3.8, 4) is 11.1 Å². The molecule has 1 aliphatic carbocycles. The number of rotatable bonds is 8. The number of nitrogens with zero attached hydrogens (tertiary/aromatic N) is 1. The monoisotopic (exact) mass is 690 g/mol. The Kier molecular flexibility index (Phi) is 10.7. The molecule has 0 saturated heterocycles. The third-order valence-corrected chi connectivity index (χ3v) is 7.92. The lowest BCUT2D eigenvalue weighted by Crippen LogP contribution is -2.46. The van der Waals surface area contributed by atoms with Crippen LogP contribution in [-0.2, 0) is 13.0 Å². The zero-order valence-corrected chi connectivity index (χ0v) is 25.0. The van der Waals surface area contributed by atoms with Gasteiger partial charge in [-0.1, -0.05) is 60.7 Å². The molecule has 0 unspecified atom stereocenters. The number of nitrogens with two attached hydrogens (primary N) is 1. The summed E-state index contributed by atoms with van der Waals surface area (Å²) < 4.78 is 27.4. The Morgan fingerprint density at radius 1 is 0.902 bits per heavy atom. The van der Waals surface area contributed by atoms with Crippen molar-refractivity contribution < 1.29 is 23.8 Å². The van der Waals surface area contributed by atoms with E-state index in [-0.39, 0.29) is 19.5 Å². The van der Waals surface area contributed by atoms with Gasteiger partial charge < -0.3 is 20.8 Å². The largest absolute Gasteiger partial charge is 0.465 e. The molecule has 4 aromatic carbocycles. The molecule has 1 aliphatic rings. The molecule has 0 heterocycles. The molecule has 214 valence electrons. The molecule has 2 atom stereocenters. The minimum atomic E-state index is -1.19. The lowest BCUT2D eigenvalue weighted by Gasteiger charge is -2.26. The number of aliphatic hydroxyl groups excluding tert-OH is 1. The van der Waals surface area contributed by atoms with Crippen molar-refractivity contribution in [2.45, 2.75) is 31.0 Å². The number of aliphatic hydroxyl groups is 1. The first kappa shape index (κ1) is 30.9. The maximum Gasteiger partial charge on any atom is 0.407 e. The van der Waals surface area contributed by atoms with Gasteiger partial charge in [-0.05, 0) is 86.7 Å². The summed E-state index contributed by atoms with van der Waals surface area (Å²) in [5.74, 6) is -0.423. The predicted octanol–water partition coefficient (Wildman–Crippen LogP) is 7.02. The van der Waals surface area contributed by atoms with Crippen LogP contribution in [0.25, 0.3) is 11.1 Å². The van der Waals surface area contributed by atoms with Crippen LogP contribution in [0.5, 0.6) is 0 Å². The smallest absolute Gasteiger partial charge is 0.407 e. The second-order valence-electron chi connectivity index (χ2n) is 9.89. The Balaban J connectivity index is 0.000000216. The second-order valence-corrected chi connectivity index (χ2v) is 11.4. The molecule has 4 aromatic rings. The molecule has 0 aromatic heterocycles. The molecule has 0 bridgehead atoms.